The van der Waals surface area contributed by atoms with Gasteiger partial charge in [-0.15, -0.1) is 0 Å². The van der Waals surface area contributed by atoms with Gasteiger partial charge in [0, 0.05) is 11.5 Å². The molecule has 1 aromatic carbocycles. The smallest absolute Gasteiger partial charge is 0.227 e. The lowest BCUT2D eigenvalue weighted by molar-refractivity contribution is -0.118. The van der Waals surface area contributed by atoms with Crippen LogP contribution in [0.25, 0.3) is 0 Å². The summed E-state index contributed by atoms with van der Waals surface area (Å²) >= 11 is 0. The fourth-order valence-electron chi connectivity index (χ4n) is 1.12. The number of hydrogen-bond donors (Lipinski definition) is 1. The highest BCUT2D eigenvalue weighted by atomic mass is 19.1. The van der Waals surface area contributed by atoms with Crippen LogP contribution in [0.5, 0.6) is 0 Å². The van der Waals surface area contributed by atoms with Crippen LogP contribution in [-0.2, 0) is 4.79 Å². The quantitative estimate of drug-likeness (QED) is 0.800. The van der Waals surface area contributed by atoms with Gasteiger partial charge in [-0.3, -0.25) is 9.59 Å². The minimum Gasteiger partial charge on any atom is -0.323 e. The summed E-state index contributed by atoms with van der Waals surface area (Å²) < 4.78 is 13.3. The van der Waals surface area contributed by atoms with Crippen molar-refractivity contribution in [1.82, 2.24) is 0 Å². The van der Waals surface area contributed by atoms with Gasteiger partial charge in [0.05, 0.1) is 5.69 Å². The van der Waals surface area contributed by atoms with Gasteiger partial charge in [0.15, 0.2) is 5.78 Å². The van der Waals surface area contributed by atoms with Gasteiger partial charge in [-0.1, -0.05) is 13.8 Å². The molecule has 0 unspecified atom stereocenters. The summed E-state index contributed by atoms with van der Waals surface area (Å²) in [5.41, 5.74) is 0.423. The van der Waals surface area contributed by atoms with Crippen LogP contribution in [0, 0.1) is 11.7 Å². The van der Waals surface area contributed by atoms with E-state index in [-0.39, 0.29) is 23.3 Å². The first-order valence-corrected chi connectivity index (χ1v) is 5.03. The molecule has 0 aliphatic carbocycles. The van der Waals surface area contributed by atoms with E-state index in [1.165, 1.54) is 25.1 Å². The maximum Gasteiger partial charge on any atom is 0.227 e. The molecule has 0 saturated carbocycles. The largest absolute Gasteiger partial charge is 0.323 e. The van der Waals surface area contributed by atoms with E-state index in [2.05, 4.69) is 5.32 Å². The highest BCUT2D eigenvalue weighted by molar-refractivity contribution is 5.97. The van der Waals surface area contributed by atoms with Crippen LogP contribution in [0.4, 0.5) is 10.1 Å². The zero-order chi connectivity index (χ0) is 12.3. The van der Waals surface area contributed by atoms with E-state index in [0.29, 0.717) is 5.56 Å². The fourth-order valence-corrected chi connectivity index (χ4v) is 1.12. The van der Waals surface area contributed by atoms with Crippen molar-refractivity contribution in [1.29, 1.82) is 0 Å². The molecule has 0 aromatic heterocycles. The maximum atomic E-state index is 13.3. The summed E-state index contributed by atoms with van der Waals surface area (Å²) in [4.78, 5) is 22.5. The zero-order valence-corrected chi connectivity index (χ0v) is 9.50. The molecule has 0 aliphatic heterocycles. The van der Waals surface area contributed by atoms with Gasteiger partial charge < -0.3 is 5.32 Å². The summed E-state index contributed by atoms with van der Waals surface area (Å²) in [7, 11) is 0. The van der Waals surface area contributed by atoms with Crippen molar-refractivity contribution >= 4 is 17.4 Å². The minimum atomic E-state index is -0.543. The molecule has 0 spiro atoms. The molecular weight excluding hydrogens is 209 g/mol. The lowest BCUT2D eigenvalue weighted by Crippen LogP contribution is -2.18. The Morgan fingerprint density at radius 3 is 2.44 bits per heavy atom. The predicted octanol–water partition coefficient (Wildman–Crippen LogP) is 2.62. The van der Waals surface area contributed by atoms with Crippen molar-refractivity contribution in [3.05, 3.63) is 29.6 Å². The molecular formula is C12H14FNO2. The first-order chi connectivity index (χ1) is 7.41. The molecule has 0 heterocycles. The number of anilines is 1. The zero-order valence-electron chi connectivity index (χ0n) is 9.50. The molecule has 86 valence electrons. The molecule has 16 heavy (non-hydrogen) atoms. The Hall–Kier alpha value is -1.71. The number of Topliss-reactive ketones (excluding diaryl/α,β-unsaturated/α-hetero) is 1. The second-order valence-corrected chi connectivity index (χ2v) is 3.89. The molecule has 1 amide bonds. The van der Waals surface area contributed by atoms with Crippen LogP contribution in [0.2, 0.25) is 0 Å². The summed E-state index contributed by atoms with van der Waals surface area (Å²) in [5.74, 6) is -1.22. The third kappa shape index (κ3) is 2.89. The molecule has 0 atom stereocenters. The van der Waals surface area contributed by atoms with Gasteiger partial charge >= 0.3 is 0 Å². The Labute approximate surface area is 93.7 Å². The highest BCUT2D eigenvalue weighted by Crippen LogP contribution is 2.17. The average Bonchev–Trinajstić information content (AvgIpc) is 2.20. The molecule has 1 N–H and O–H groups in total. The van der Waals surface area contributed by atoms with E-state index in [1.54, 1.807) is 13.8 Å². The molecule has 0 saturated heterocycles. The Morgan fingerprint density at radius 1 is 1.31 bits per heavy atom. The van der Waals surface area contributed by atoms with Crippen molar-refractivity contribution in [2.45, 2.75) is 20.8 Å². The Balaban J connectivity index is 2.99. The van der Waals surface area contributed by atoms with Gasteiger partial charge in [0.2, 0.25) is 5.91 Å². The van der Waals surface area contributed by atoms with Crippen molar-refractivity contribution in [3.63, 3.8) is 0 Å². The highest BCUT2D eigenvalue weighted by Gasteiger charge is 2.11. The van der Waals surface area contributed by atoms with Crippen molar-refractivity contribution < 1.29 is 14.0 Å². The number of amides is 1. The number of ketones is 1. The van der Waals surface area contributed by atoms with Crippen molar-refractivity contribution in [3.8, 4) is 0 Å². The van der Waals surface area contributed by atoms with Gasteiger partial charge in [0.1, 0.15) is 5.82 Å². The van der Waals surface area contributed by atoms with Crippen LogP contribution in [0.15, 0.2) is 18.2 Å². The molecule has 0 fully saturated rings. The van der Waals surface area contributed by atoms with E-state index >= 15 is 0 Å². The van der Waals surface area contributed by atoms with E-state index in [4.69, 9.17) is 0 Å². The second kappa shape index (κ2) is 4.88. The first kappa shape index (κ1) is 12.4. The van der Waals surface area contributed by atoms with E-state index in [0.717, 1.165) is 0 Å². The monoisotopic (exact) mass is 223 g/mol. The number of hydrogen-bond acceptors (Lipinski definition) is 2. The van der Waals surface area contributed by atoms with Crippen molar-refractivity contribution in [2.75, 3.05) is 5.32 Å². The molecule has 4 heteroatoms. The van der Waals surface area contributed by atoms with Crippen LogP contribution in [-0.4, -0.2) is 11.7 Å². The fraction of sp³-hybridized carbons (Fsp3) is 0.333. The Morgan fingerprint density at radius 2 is 1.94 bits per heavy atom. The summed E-state index contributed by atoms with van der Waals surface area (Å²) in [6, 6.07) is 3.91. The minimum absolute atomic E-state index is 0.0476. The summed E-state index contributed by atoms with van der Waals surface area (Å²) in [6.07, 6.45) is 0. The van der Waals surface area contributed by atoms with Gasteiger partial charge in [-0.2, -0.15) is 0 Å². The normalized spacial score (nSPS) is 10.3. The Bertz CT molecular complexity index is 427. The number of halogens is 1. The van der Waals surface area contributed by atoms with Gasteiger partial charge in [-0.25, -0.2) is 4.39 Å². The average molecular weight is 223 g/mol. The molecule has 3 nitrogen and oxygen atoms in total. The van der Waals surface area contributed by atoms with Gasteiger partial charge in [0.25, 0.3) is 0 Å². The standard InChI is InChI=1S/C12H14FNO2/c1-7(2)12(16)14-11-6-9(8(3)15)4-5-10(11)13/h4-7H,1-3H3,(H,14,16). The number of rotatable bonds is 3. The van der Waals surface area contributed by atoms with E-state index < -0.39 is 5.82 Å². The molecule has 0 aliphatic rings. The van der Waals surface area contributed by atoms with E-state index in [1.807, 2.05) is 0 Å². The second-order valence-electron chi connectivity index (χ2n) is 3.89. The SMILES string of the molecule is CC(=O)c1ccc(F)c(NC(=O)C(C)C)c1. The lowest BCUT2D eigenvalue weighted by atomic mass is 10.1. The van der Waals surface area contributed by atoms with Crippen LogP contribution in [0.1, 0.15) is 31.1 Å². The van der Waals surface area contributed by atoms with Crippen LogP contribution >= 0.6 is 0 Å². The maximum absolute atomic E-state index is 13.3. The van der Waals surface area contributed by atoms with Gasteiger partial charge in [-0.05, 0) is 25.1 Å². The van der Waals surface area contributed by atoms with Crippen molar-refractivity contribution in [2.24, 2.45) is 5.92 Å². The number of nitrogens with one attached hydrogen (secondary N) is 1. The summed E-state index contributed by atoms with van der Waals surface area (Å²) in [6.45, 7) is 4.81. The van der Waals surface area contributed by atoms with E-state index in [9.17, 15) is 14.0 Å². The molecule has 0 bridgehead atoms. The van der Waals surface area contributed by atoms with Crippen LogP contribution in [0.3, 0.4) is 0 Å². The summed E-state index contributed by atoms with van der Waals surface area (Å²) in [5, 5.41) is 2.44. The molecule has 1 rings (SSSR count). The first-order valence-electron chi connectivity index (χ1n) is 5.03. The molecule has 0 radical (unpaired) electrons. The third-order valence-electron chi connectivity index (χ3n) is 2.16. The third-order valence-corrected chi connectivity index (χ3v) is 2.16. The lowest BCUT2D eigenvalue weighted by Gasteiger charge is -2.09. The topological polar surface area (TPSA) is 46.2 Å². The number of carbonyl (C=O) groups excluding carboxylic acids is 2. The molecule has 1 aromatic rings. The predicted molar refractivity (Wildman–Crippen MR) is 59.9 cm³/mol. The number of benzene rings is 1. The van der Waals surface area contributed by atoms with Crippen LogP contribution < -0.4 is 5.32 Å². The Kier molecular flexibility index (Phi) is 3.77. The number of carbonyl (C=O) groups is 2.